The molecule has 0 aliphatic rings. The van der Waals surface area contributed by atoms with E-state index in [9.17, 15) is 9.90 Å². The van der Waals surface area contributed by atoms with E-state index >= 15 is 0 Å². The quantitative estimate of drug-likeness (QED) is 0.841. The fraction of sp³-hybridized carbons (Fsp3) is 0.0769. The average Bonchev–Trinajstić information content (AvgIpc) is 2.40. The molecule has 2 aromatic rings. The van der Waals surface area contributed by atoms with Crippen molar-refractivity contribution in [3.05, 3.63) is 60.3 Å². The predicted octanol–water partition coefficient (Wildman–Crippen LogP) is 1.75. The van der Waals surface area contributed by atoms with Crippen molar-refractivity contribution >= 4 is 11.7 Å². The van der Waals surface area contributed by atoms with Crippen LogP contribution in [0.5, 0.6) is 0 Å². The Kier molecular flexibility index (Phi) is 3.47. The summed E-state index contributed by atoms with van der Waals surface area (Å²) in [5.74, 6) is -0.0672. The molecule has 0 saturated carbocycles. The maximum Gasteiger partial charge on any atom is 0.258 e. The highest BCUT2D eigenvalue weighted by Crippen LogP contribution is 2.14. The second-order valence-electron chi connectivity index (χ2n) is 3.52. The second kappa shape index (κ2) is 5.23. The molecule has 0 spiro atoms. The Morgan fingerprint density at radius 2 is 1.82 bits per heavy atom. The van der Waals surface area contributed by atoms with E-state index in [-0.39, 0.29) is 0 Å². The average molecular weight is 228 g/mol. The van der Waals surface area contributed by atoms with Gasteiger partial charge >= 0.3 is 0 Å². The van der Waals surface area contributed by atoms with Crippen LogP contribution >= 0.6 is 0 Å². The molecule has 0 aliphatic heterocycles. The van der Waals surface area contributed by atoms with Crippen molar-refractivity contribution in [2.75, 3.05) is 5.32 Å². The monoisotopic (exact) mass is 228 g/mol. The van der Waals surface area contributed by atoms with Gasteiger partial charge in [0.1, 0.15) is 5.82 Å². The summed E-state index contributed by atoms with van der Waals surface area (Å²) < 4.78 is 0. The van der Waals surface area contributed by atoms with E-state index in [1.54, 1.807) is 48.7 Å². The Labute approximate surface area is 98.9 Å². The molecule has 0 fully saturated rings. The summed E-state index contributed by atoms with van der Waals surface area (Å²) in [5.41, 5.74) is 0.556. The number of hydrogen-bond donors (Lipinski definition) is 2. The van der Waals surface area contributed by atoms with Crippen LogP contribution in [0.1, 0.15) is 11.7 Å². The smallest absolute Gasteiger partial charge is 0.258 e. The number of pyridine rings is 1. The third-order valence-corrected chi connectivity index (χ3v) is 2.28. The van der Waals surface area contributed by atoms with Crippen LogP contribution in [0.3, 0.4) is 0 Å². The number of nitrogens with one attached hydrogen (secondary N) is 1. The lowest BCUT2D eigenvalue weighted by Gasteiger charge is -2.10. The molecule has 2 N–H and O–H groups in total. The van der Waals surface area contributed by atoms with Crippen LogP contribution in [0.2, 0.25) is 0 Å². The number of nitrogens with zero attached hydrogens (tertiary/aromatic N) is 1. The van der Waals surface area contributed by atoms with E-state index in [2.05, 4.69) is 10.3 Å². The summed E-state index contributed by atoms with van der Waals surface area (Å²) in [5, 5.41) is 12.4. The van der Waals surface area contributed by atoms with Crippen molar-refractivity contribution in [3.8, 4) is 0 Å². The number of amides is 1. The van der Waals surface area contributed by atoms with Gasteiger partial charge in [-0.3, -0.25) is 4.79 Å². The van der Waals surface area contributed by atoms with Gasteiger partial charge in [-0.2, -0.15) is 0 Å². The van der Waals surface area contributed by atoms with E-state index in [1.807, 2.05) is 6.07 Å². The molecule has 0 aliphatic carbocycles. The minimum absolute atomic E-state index is 0.424. The predicted molar refractivity (Wildman–Crippen MR) is 64.3 cm³/mol. The number of aliphatic hydroxyl groups is 1. The summed E-state index contributed by atoms with van der Waals surface area (Å²) in [6.45, 7) is 0. The van der Waals surface area contributed by atoms with E-state index in [0.717, 1.165) is 0 Å². The molecule has 4 heteroatoms. The topological polar surface area (TPSA) is 62.2 Å². The zero-order chi connectivity index (χ0) is 12.1. The number of aromatic nitrogens is 1. The fourth-order valence-corrected chi connectivity index (χ4v) is 1.42. The summed E-state index contributed by atoms with van der Waals surface area (Å²) in [6.07, 6.45) is 0.392. The van der Waals surface area contributed by atoms with Crippen molar-refractivity contribution < 1.29 is 9.90 Å². The van der Waals surface area contributed by atoms with Crippen LogP contribution in [0.25, 0.3) is 0 Å². The third-order valence-electron chi connectivity index (χ3n) is 2.28. The van der Waals surface area contributed by atoms with Crippen LogP contribution in [-0.4, -0.2) is 16.0 Å². The van der Waals surface area contributed by atoms with Gasteiger partial charge in [-0.05, 0) is 17.7 Å². The van der Waals surface area contributed by atoms with Crippen molar-refractivity contribution in [2.45, 2.75) is 6.10 Å². The number of carbonyl (C=O) groups is 1. The van der Waals surface area contributed by atoms with E-state index in [1.165, 1.54) is 0 Å². The Hall–Kier alpha value is -2.20. The van der Waals surface area contributed by atoms with Crippen molar-refractivity contribution in [3.63, 3.8) is 0 Å². The number of rotatable bonds is 3. The molecule has 1 unspecified atom stereocenters. The van der Waals surface area contributed by atoms with Crippen molar-refractivity contribution in [1.82, 2.24) is 4.98 Å². The van der Waals surface area contributed by atoms with E-state index in [4.69, 9.17) is 0 Å². The van der Waals surface area contributed by atoms with Gasteiger partial charge in [-0.25, -0.2) is 4.98 Å². The minimum atomic E-state index is -1.18. The number of carbonyl (C=O) groups excluding carboxylic acids is 1. The lowest BCUT2D eigenvalue weighted by molar-refractivity contribution is -0.124. The fourth-order valence-electron chi connectivity index (χ4n) is 1.42. The van der Waals surface area contributed by atoms with Crippen LogP contribution in [0.15, 0.2) is 54.7 Å². The molecule has 17 heavy (non-hydrogen) atoms. The first kappa shape index (κ1) is 11.3. The molecule has 4 nitrogen and oxygen atoms in total. The Morgan fingerprint density at radius 1 is 1.12 bits per heavy atom. The van der Waals surface area contributed by atoms with Crippen LogP contribution in [-0.2, 0) is 4.79 Å². The van der Waals surface area contributed by atoms with Gasteiger partial charge in [0.2, 0.25) is 0 Å². The highest BCUT2D eigenvalue weighted by Gasteiger charge is 2.16. The molecular weight excluding hydrogens is 216 g/mol. The second-order valence-corrected chi connectivity index (χ2v) is 3.52. The van der Waals surface area contributed by atoms with Crippen LogP contribution < -0.4 is 5.32 Å². The lowest BCUT2D eigenvalue weighted by atomic mass is 10.1. The van der Waals surface area contributed by atoms with Gasteiger partial charge in [0.25, 0.3) is 5.91 Å². The van der Waals surface area contributed by atoms with Gasteiger partial charge in [-0.15, -0.1) is 0 Å². The summed E-state index contributed by atoms with van der Waals surface area (Å²) in [4.78, 5) is 15.7. The molecule has 1 heterocycles. The van der Waals surface area contributed by atoms with Crippen LogP contribution in [0, 0.1) is 0 Å². The largest absolute Gasteiger partial charge is 0.378 e. The zero-order valence-corrected chi connectivity index (χ0v) is 9.08. The summed E-state index contributed by atoms with van der Waals surface area (Å²) in [6, 6.07) is 13.9. The van der Waals surface area contributed by atoms with Gasteiger partial charge in [-0.1, -0.05) is 36.4 Å². The first-order chi connectivity index (χ1) is 8.27. The maximum absolute atomic E-state index is 11.7. The van der Waals surface area contributed by atoms with Gasteiger partial charge in [0, 0.05) is 6.20 Å². The zero-order valence-electron chi connectivity index (χ0n) is 9.08. The first-order valence-electron chi connectivity index (χ1n) is 5.22. The maximum atomic E-state index is 11.7. The highest BCUT2D eigenvalue weighted by atomic mass is 16.3. The lowest BCUT2D eigenvalue weighted by Crippen LogP contribution is -2.21. The van der Waals surface area contributed by atoms with E-state index < -0.39 is 12.0 Å². The number of hydrogen-bond acceptors (Lipinski definition) is 3. The van der Waals surface area contributed by atoms with Crippen molar-refractivity contribution in [1.29, 1.82) is 0 Å². The molecule has 0 bridgehead atoms. The normalized spacial score (nSPS) is 11.8. The SMILES string of the molecule is O=C(Nc1ccccn1)C(O)c1ccccc1. The summed E-state index contributed by atoms with van der Waals surface area (Å²) >= 11 is 0. The number of benzene rings is 1. The van der Waals surface area contributed by atoms with Crippen LogP contribution in [0.4, 0.5) is 5.82 Å². The van der Waals surface area contributed by atoms with Gasteiger partial charge < -0.3 is 10.4 Å². The number of aliphatic hydroxyl groups excluding tert-OH is 1. The molecule has 2 rings (SSSR count). The molecule has 1 atom stereocenters. The first-order valence-corrected chi connectivity index (χ1v) is 5.22. The molecular formula is C13H12N2O2. The number of anilines is 1. The highest BCUT2D eigenvalue weighted by molar-refractivity contribution is 5.93. The molecule has 1 aromatic carbocycles. The Bertz CT molecular complexity index is 485. The molecule has 86 valence electrons. The molecule has 1 amide bonds. The van der Waals surface area contributed by atoms with Gasteiger partial charge in [0.15, 0.2) is 6.10 Å². The summed E-state index contributed by atoms with van der Waals surface area (Å²) in [7, 11) is 0. The van der Waals surface area contributed by atoms with E-state index in [0.29, 0.717) is 11.4 Å². The minimum Gasteiger partial charge on any atom is -0.378 e. The molecule has 0 saturated heterocycles. The Balaban J connectivity index is 2.06. The molecule has 0 radical (unpaired) electrons. The third kappa shape index (κ3) is 2.89. The van der Waals surface area contributed by atoms with Crippen molar-refractivity contribution in [2.24, 2.45) is 0 Å². The standard InChI is InChI=1S/C13H12N2O2/c16-12(10-6-2-1-3-7-10)13(17)15-11-8-4-5-9-14-11/h1-9,12,16H,(H,14,15,17). The Morgan fingerprint density at radius 3 is 2.47 bits per heavy atom. The molecule has 1 aromatic heterocycles. The van der Waals surface area contributed by atoms with Gasteiger partial charge in [0.05, 0.1) is 0 Å².